The minimum atomic E-state index is -0.235. The second-order valence-corrected chi connectivity index (χ2v) is 8.24. The molecule has 0 radical (unpaired) electrons. The molecule has 0 bridgehead atoms. The van der Waals surface area contributed by atoms with Crippen LogP contribution in [0.1, 0.15) is 24.3 Å². The summed E-state index contributed by atoms with van der Waals surface area (Å²) in [4.78, 5) is 23.6. The van der Waals surface area contributed by atoms with Gasteiger partial charge in [0.15, 0.2) is 11.5 Å². The maximum atomic E-state index is 12.8. The summed E-state index contributed by atoms with van der Waals surface area (Å²) in [6.45, 7) is 4.74. The van der Waals surface area contributed by atoms with Crippen LogP contribution in [0.3, 0.4) is 0 Å². The number of rotatable bonds is 1. The van der Waals surface area contributed by atoms with Crippen molar-refractivity contribution in [2.45, 2.75) is 32.5 Å². The van der Waals surface area contributed by atoms with E-state index in [1.54, 1.807) is 35.3 Å². The molecule has 4 aromatic heterocycles. The fourth-order valence-electron chi connectivity index (χ4n) is 3.47. The Morgan fingerprint density at radius 3 is 2.81 bits per heavy atom. The monoisotopic (exact) mass is 367 g/mol. The number of thiophene rings is 1. The normalized spacial score (nSPS) is 16.3. The SMILES string of the molecule is Cn1c(=O)n2nc(-c3ccncc3)nc2c2c3c(sc21)COC(C)(C)C3. The van der Waals surface area contributed by atoms with Crippen molar-refractivity contribution >= 4 is 27.2 Å². The van der Waals surface area contributed by atoms with Crippen molar-refractivity contribution in [2.75, 3.05) is 0 Å². The summed E-state index contributed by atoms with van der Waals surface area (Å²) < 4.78 is 9.02. The Balaban J connectivity index is 1.88. The van der Waals surface area contributed by atoms with Crippen LogP contribution in [0, 0.1) is 0 Å². The Labute approximate surface area is 152 Å². The van der Waals surface area contributed by atoms with E-state index in [4.69, 9.17) is 9.72 Å². The molecule has 7 nitrogen and oxygen atoms in total. The molecule has 0 atom stereocenters. The molecule has 0 unspecified atom stereocenters. The van der Waals surface area contributed by atoms with Gasteiger partial charge in [-0.3, -0.25) is 9.55 Å². The lowest BCUT2D eigenvalue weighted by Gasteiger charge is -2.30. The molecule has 1 aliphatic heterocycles. The fraction of sp³-hybridized carbons (Fsp3) is 0.333. The van der Waals surface area contributed by atoms with Crippen LogP contribution in [-0.2, 0) is 24.8 Å². The van der Waals surface area contributed by atoms with Crippen LogP contribution in [0.2, 0.25) is 0 Å². The predicted octanol–water partition coefficient (Wildman–Crippen LogP) is 2.56. The summed E-state index contributed by atoms with van der Waals surface area (Å²) in [5.74, 6) is 0.531. The summed E-state index contributed by atoms with van der Waals surface area (Å²) >= 11 is 1.61. The summed E-state index contributed by atoms with van der Waals surface area (Å²) in [6, 6.07) is 3.69. The first-order valence-corrected chi connectivity index (χ1v) is 9.21. The van der Waals surface area contributed by atoms with Gasteiger partial charge in [-0.2, -0.15) is 4.52 Å². The van der Waals surface area contributed by atoms with E-state index in [2.05, 4.69) is 23.9 Å². The Bertz CT molecular complexity index is 1220. The van der Waals surface area contributed by atoms with Crippen LogP contribution in [-0.4, -0.2) is 29.8 Å². The molecule has 0 saturated carbocycles. The topological polar surface area (TPSA) is 74.3 Å². The highest BCUT2D eigenvalue weighted by Gasteiger charge is 2.31. The lowest BCUT2D eigenvalue weighted by atomic mass is 9.94. The second-order valence-electron chi connectivity index (χ2n) is 7.16. The molecule has 0 aromatic carbocycles. The smallest absolute Gasteiger partial charge is 0.351 e. The molecule has 0 fully saturated rings. The van der Waals surface area contributed by atoms with Crippen molar-refractivity contribution in [1.82, 2.24) is 24.1 Å². The molecule has 5 rings (SSSR count). The van der Waals surface area contributed by atoms with Crippen LogP contribution >= 0.6 is 11.3 Å². The highest BCUT2D eigenvalue weighted by atomic mass is 32.1. The number of fused-ring (bicyclic) bond motifs is 5. The van der Waals surface area contributed by atoms with Gasteiger partial charge in [0.25, 0.3) is 0 Å². The highest BCUT2D eigenvalue weighted by molar-refractivity contribution is 7.19. The standard InChI is InChI=1S/C18H17N5O2S/c1-18(2)8-11-12(9-25-18)26-16-13(11)15-20-14(10-4-6-19-7-5-10)21-23(15)17(24)22(16)3/h4-7H,8-9H2,1-3H3. The van der Waals surface area contributed by atoms with E-state index in [9.17, 15) is 4.79 Å². The van der Waals surface area contributed by atoms with Crippen LogP contribution in [0.5, 0.6) is 0 Å². The van der Waals surface area contributed by atoms with Gasteiger partial charge < -0.3 is 4.74 Å². The van der Waals surface area contributed by atoms with Gasteiger partial charge in [0.1, 0.15) is 4.83 Å². The third-order valence-electron chi connectivity index (χ3n) is 4.81. The molecule has 0 N–H and O–H groups in total. The quantitative estimate of drug-likeness (QED) is 0.517. The van der Waals surface area contributed by atoms with Gasteiger partial charge in [0, 0.05) is 36.3 Å². The molecule has 0 spiro atoms. The van der Waals surface area contributed by atoms with E-state index in [-0.39, 0.29) is 11.3 Å². The Kier molecular flexibility index (Phi) is 3.14. The molecule has 8 heteroatoms. The van der Waals surface area contributed by atoms with Crippen LogP contribution < -0.4 is 5.69 Å². The van der Waals surface area contributed by atoms with Gasteiger partial charge in [-0.1, -0.05) is 0 Å². The minimum Gasteiger partial charge on any atom is -0.370 e. The summed E-state index contributed by atoms with van der Waals surface area (Å²) in [5.41, 5.74) is 2.24. The Morgan fingerprint density at radius 1 is 1.27 bits per heavy atom. The largest absolute Gasteiger partial charge is 0.370 e. The zero-order valence-electron chi connectivity index (χ0n) is 14.7. The van der Waals surface area contributed by atoms with Gasteiger partial charge in [-0.05, 0) is 31.5 Å². The predicted molar refractivity (Wildman–Crippen MR) is 99.4 cm³/mol. The third kappa shape index (κ3) is 2.15. The van der Waals surface area contributed by atoms with Crippen molar-refractivity contribution in [3.63, 3.8) is 0 Å². The first kappa shape index (κ1) is 15.7. The average molecular weight is 367 g/mol. The zero-order valence-corrected chi connectivity index (χ0v) is 15.5. The van der Waals surface area contributed by atoms with Crippen LogP contribution in [0.25, 0.3) is 27.3 Å². The average Bonchev–Trinajstić information content (AvgIpc) is 3.21. The van der Waals surface area contributed by atoms with Crippen molar-refractivity contribution in [3.8, 4) is 11.4 Å². The van der Waals surface area contributed by atoms with Gasteiger partial charge in [-0.25, -0.2) is 9.78 Å². The molecule has 0 saturated heterocycles. The van der Waals surface area contributed by atoms with Gasteiger partial charge in [0.05, 0.1) is 17.6 Å². The maximum absolute atomic E-state index is 12.8. The van der Waals surface area contributed by atoms with Crippen LogP contribution in [0.15, 0.2) is 29.3 Å². The van der Waals surface area contributed by atoms with Crippen molar-refractivity contribution in [2.24, 2.45) is 7.05 Å². The van der Waals surface area contributed by atoms with Crippen molar-refractivity contribution in [3.05, 3.63) is 45.5 Å². The van der Waals surface area contributed by atoms with Gasteiger partial charge in [-0.15, -0.1) is 16.4 Å². The number of hydrogen-bond acceptors (Lipinski definition) is 6. The van der Waals surface area contributed by atoms with E-state index in [1.165, 1.54) is 10.1 Å². The number of ether oxygens (including phenoxy) is 1. The number of pyridine rings is 1. The van der Waals surface area contributed by atoms with E-state index in [0.717, 1.165) is 27.1 Å². The zero-order chi connectivity index (χ0) is 18.1. The third-order valence-corrected chi connectivity index (χ3v) is 6.09. The fourth-order valence-corrected chi connectivity index (χ4v) is 4.65. The molecule has 26 heavy (non-hydrogen) atoms. The molecule has 4 aromatic rings. The number of nitrogens with zero attached hydrogens (tertiary/aromatic N) is 5. The van der Waals surface area contributed by atoms with Gasteiger partial charge in [0.2, 0.25) is 0 Å². The maximum Gasteiger partial charge on any atom is 0.351 e. The highest BCUT2D eigenvalue weighted by Crippen LogP contribution is 2.39. The lowest BCUT2D eigenvalue weighted by molar-refractivity contribution is -0.0379. The van der Waals surface area contributed by atoms with Crippen LogP contribution in [0.4, 0.5) is 0 Å². The second kappa shape index (κ2) is 5.21. The molecular weight excluding hydrogens is 350 g/mol. The Morgan fingerprint density at radius 2 is 2.04 bits per heavy atom. The summed E-state index contributed by atoms with van der Waals surface area (Å²) in [5, 5.41) is 5.49. The number of aromatic nitrogens is 5. The molecule has 0 amide bonds. The lowest BCUT2D eigenvalue weighted by Crippen LogP contribution is -2.31. The molecule has 5 heterocycles. The van der Waals surface area contributed by atoms with Crippen molar-refractivity contribution in [1.29, 1.82) is 0 Å². The molecular formula is C18H17N5O2S. The molecule has 0 aliphatic carbocycles. The molecule has 1 aliphatic rings. The summed E-state index contributed by atoms with van der Waals surface area (Å²) in [7, 11) is 1.78. The van der Waals surface area contributed by atoms with E-state index in [1.807, 2.05) is 12.1 Å². The van der Waals surface area contributed by atoms with E-state index in [0.29, 0.717) is 18.1 Å². The summed E-state index contributed by atoms with van der Waals surface area (Å²) in [6.07, 6.45) is 4.18. The minimum absolute atomic E-state index is 0.195. The molecule has 132 valence electrons. The first-order valence-electron chi connectivity index (χ1n) is 8.39. The number of hydrogen-bond donors (Lipinski definition) is 0. The van der Waals surface area contributed by atoms with E-state index < -0.39 is 0 Å². The van der Waals surface area contributed by atoms with E-state index >= 15 is 0 Å². The van der Waals surface area contributed by atoms with Crippen molar-refractivity contribution < 1.29 is 4.74 Å². The van der Waals surface area contributed by atoms with Gasteiger partial charge >= 0.3 is 5.69 Å². The first-order chi connectivity index (χ1) is 12.4. The Hall–Kier alpha value is -2.58. The number of aryl methyl sites for hydroxylation is 1.